The van der Waals surface area contributed by atoms with Crippen LogP contribution in [0.3, 0.4) is 0 Å². The van der Waals surface area contributed by atoms with E-state index < -0.39 is 5.97 Å². The van der Waals surface area contributed by atoms with Crippen molar-refractivity contribution >= 4 is 37.8 Å². The molecule has 20 heavy (non-hydrogen) atoms. The zero-order chi connectivity index (χ0) is 14.5. The number of ether oxygens (including phenoxy) is 2. The van der Waals surface area contributed by atoms with Crippen LogP contribution in [0.15, 0.2) is 45.6 Å². The SMILES string of the molecule is COc1ccc(Br)cc1COC(=O)c1cncc(Br)c1. The third-order valence-corrected chi connectivity index (χ3v) is 3.47. The molecule has 0 aliphatic carbocycles. The molecule has 6 heteroatoms. The molecular weight excluding hydrogens is 390 g/mol. The van der Waals surface area contributed by atoms with E-state index in [0.717, 1.165) is 14.5 Å². The van der Waals surface area contributed by atoms with Gasteiger partial charge in [0, 0.05) is 26.9 Å². The van der Waals surface area contributed by atoms with Crippen molar-refractivity contribution in [1.82, 2.24) is 4.98 Å². The fraction of sp³-hybridized carbons (Fsp3) is 0.143. The van der Waals surface area contributed by atoms with Gasteiger partial charge in [-0.2, -0.15) is 0 Å². The van der Waals surface area contributed by atoms with Gasteiger partial charge in [0.1, 0.15) is 12.4 Å². The van der Waals surface area contributed by atoms with Crippen molar-refractivity contribution in [3.8, 4) is 5.75 Å². The van der Waals surface area contributed by atoms with Gasteiger partial charge in [-0.05, 0) is 40.2 Å². The maximum Gasteiger partial charge on any atom is 0.340 e. The summed E-state index contributed by atoms with van der Waals surface area (Å²) in [6.07, 6.45) is 3.07. The number of carbonyl (C=O) groups excluding carboxylic acids is 1. The van der Waals surface area contributed by atoms with Gasteiger partial charge in [-0.1, -0.05) is 15.9 Å². The molecule has 4 nitrogen and oxygen atoms in total. The van der Waals surface area contributed by atoms with Crippen molar-refractivity contribution in [2.75, 3.05) is 7.11 Å². The number of rotatable bonds is 4. The lowest BCUT2D eigenvalue weighted by molar-refractivity contribution is 0.0469. The highest BCUT2D eigenvalue weighted by atomic mass is 79.9. The molecule has 0 aliphatic rings. The van der Waals surface area contributed by atoms with Crippen LogP contribution in [0.25, 0.3) is 0 Å². The first-order chi connectivity index (χ1) is 9.60. The van der Waals surface area contributed by atoms with Gasteiger partial charge in [0.05, 0.1) is 12.7 Å². The van der Waals surface area contributed by atoms with Crippen LogP contribution in [0, 0.1) is 0 Å². The molecule has 0 fully saturated rings. The topological polar surface area (TPSA) is 48.4 Å². The highest BCUT2D eigenvalue weighted by Gasteiger charge is 2.11. The Hall–Kier alpha value is -1.40. The van der Waals surface area contributed by atoms with Crippen molar-refractivity contribution < 1.29 is 14.3 Å². The van der Waals surface area contributed by atoms with Gasteiger partial charge in [-0.25, -0.2) is 4.79 Å². The number of benzene rings is 1. The second kappa shape index (κ2) is 6.85. The third kappa shape index (κ3) is 3.80. The Morgan fingerprint density at radius 2 is 2.00 bits per heavy atom. The molecule has 104 valence electrons. The molecule has 0 saturated heterocycles. The van der Waals surface area contributed by atoms with Crippen LogP contribution in [0.4, 0.5) is 0 Å². The number of nitrogens with zero attached hydrogens (tertiary/aromatic N) is 1. The van der Waals surface area contributed by atoms with Crippen molar-refractivity contribution in [2.24, 2.45) is 0 Å². The Morgan fingerprint density at radius 1 is 1.20 bits per heavy atom. The van der Waals surface area contributed by atoms with E-state index in [1.807, 2.05) is 18.2 Å². The summed E-state index contributed by atoms with van der Waals surface area (Å²) in [5.41, 5.74) is 1.19. The Morgan fingerprint density at radius 3 is 2.70 bits per heavy atom. The van der Waals surface area contributed by atoms with Gasteiger partial charge in [-0.3, -0.25) is 4.98 Å². The van der Waals surface area contributed by atoms with E-state index in [1.54, 1.807) is 19.4 Å². The molecule has 0 N–H and O–H groups in total. The molecule has 0 atom stereocenters. The van der Waals surface area contributed by atoms with E-state index in [2.05, 4.69) is 36.8 Å². The van der Waals surface area contributed by atoms with E-state index in [0.29, 0.717) is 11.3 Å². The Labute approximate surface area is 133 Å². The van der Waals surface area contributed by atoms with E-state index in [4.69, 9.17) is 9.47 Å². The minimum atomic E-state index is -0.430. The number of methoxy groups -OCH3 is 1. The van der Waals surface area contributed by atoms with Crippen molar-refractivity contribution in [3.63, 3.8) is 0 Å². The first-order valence-electron chi connectivity index (χ1n) is 5.70. The zero-order valence-electron chi connectivity index (χ0n) is 10.6. The maximum atomic E-state index is 11.9. The average Bonchev–Trinajstić information content (AvgIpc) is 2.45. The number of pyridine rings is 1. The maximum absolute atomic E-state index is 11.9. The summed E-state index contributed by atoms with van der Waals surface area (Å²) in [7, 11) is 1.58. The molecule has 0 spiro atoms. The van der Waals surface area contributed by atoms with Gasteiger partial charge in [0.15, 0.2) is 0 Å². The van der Waals surface area contributed by atoms with E-state index in [1.165, 1.54) is 6.20 Å². The molecule has 0 saturated carbocycles. The fourth-order valence-electron chi connectivity index (χ4n) is 1.61. The zero-order valence-corrected chi connectivity index (χ0v) is 13.8. The lowest BCUT2D eigenvalue weighted by Crippen LogP contribution is -2.06. The third-order valence-electron chi connectivity index (χ3n) is 2.54. The molecule has 0 unspecified atom stereocenters. The van der Waals surface area contributed by atoms with Crippen LogP contribution in [0.5, 0.6) is 5.75 Å². The largest absolute Gasteiger partial charge is 0.496 e. The molecule has 0 bridgehead atoms. The molecule has 1 heterocycles. The number of hydrogen-bond donors (Lipinski definition) is 0. The normalized spacial score (nSPS) is 10.2. The Bertz CT molecular complexity index is 632. The van der Waals surface area contributed by atoms with Crippen LogP contribution in [-0.2, 0) is 11.3 Å². The molecule has 2 rings (SSSR count). The van der Waals surface area contributed by atoms with Gasteiger partial charge in [0.25, 0.3) is 0 Å². The molecule has 0 amide bonds. The minimum Gasteiger partial charge on any atom is -0.496 e. The first kappa shape index (κ1) is 15.0. The summed E-state index contributed by atoms with van der Waals surface area (Å²) in [6.45, 7) is 0.133. The number of halogens is 2. The predicted octanol–water partition coefficient (Wildman–Crippen LogP) is 3.97. The summed E-state index contributed by atoms with van der Waals surface area (Å²) >= 11 is 6.64. The van der Waals surface area contributed by atoms with Crippen molar-refractivity contribution in [3.05, 3.63) is 56.7 Å². The number of aromatic nitrogens is 1. The summed E-state index contributed by atoms with van der Waals surface area (Å²) in [5.74, 6) is 0.245. The number of hydrogen-bond acceptors (Lipinski definition) is 4. The summed E-state index contributed by atoms with van der Waals surface area (Å²) in [5, 5.41) is 0. The number of esters is 1. The summed E-state index contributed by atoms with van der Waals surface area (Å²) in [4.78, 5) is 15.8. The number of carbonyl (C=O) groups is 1. The van der Waals surface area contributed by atoms with Gasteiger partial charge >= 0.3 is 5.97 Å². The smallest absolute Gasteiger partial charge is 0.340 e. The van der Waals surface area contributed by atoms with Crippen LogP contribution in [-0.4, -0.2) is 18.1 Å². The second-order valence-corrected chi connectivity index (χ2v) is 5.76. The Balaban J connectivity index is 2.09. The molecule has 1 aromatic carbocycles. The minimum absolute atomic E-state index is 0.133. The van der Waals surface area contributed by atoms with Gasteiger partial charge in [0.2, 0.25) is 0 Å². The Kier molecular flexibility index (Phi) is 5.14. The average molecular weight is 401 g/mol. The quantitative estimate of drug-likeness (QED) is 0.728. The summed E-state index contributed by atoms with van der Waals surface area (Å²) in [6, 6.07) is 7.19. The van der Waals surface area contributed by atoms with Gasteiger partial charge < -0.3 is 9.47 Å². The van der Waals surface area contributed by atoms with Gasteiger partial charge in [-0.15, -0.1) is 0 Å². The van der Waals surface area contributed by atoms with E-state index in [-0.39, 0.29) is 6.61 Å². The monoisotopic (exact) mass is 399 g/mol. The lowest BCUT2D eigenvalue weighted by atomic mass is 10.2. The molecular formula is C14H11Br2NO3. The predicted molar refractivity (Wildman–Crippen MR) is 81.8 cm³/mol. The fourth-order valence-corrected chi connectivity index (χ4v) is 2.38. The standard InChI is InChI=1S/C14H11Br2NO3/c1-19-13-3-2-11(15)5-10(13)8-20-14(18)9-4-12(16)7-17-6-9/h2-7H,8H2,1H3. The van der Waals surface area contributed by atoms with E-state index in [9.17, 15) is 4.79 Å². The van der Waals surface area contributed by atoms with Crippen LogP contribution < -0.4 is 4.74 Å². The second-order valence-electron chi connectivity index (χ2n) is 3.92. The molecule has 1 aromatic heterocycles. The highest BCUT2D eigenvalue weighted by Crippen LogP contribution is 2.24. The molecule has 0 radical (unpaired) electrons. The van der Waals surface area contributed by atoms with Crippen LogP contribution in [0.2, 0.25) is 0 Å². The highest BCUT2D eigenvalue weighted by molar-refractivity contribution is 9.10. The lowest BCUT2D eigenvalue weighted by Gasteiger charge is -2.10. The van der Waals surface area contributed by atoms with E-state index >= 15 is 0 Å². The first-order valence-corrected chi connectivity index (χ1v) is 7.29. The van der Waals surface area contributed by atoms with Crippen LogP contribution in [0.1, 0.15) is 15.9 Å². The molecule has 2 aromatic rings. The summed E-state index contributed by atoms with van der Waals surface area (Å²) < 4.78 is 12.1. The van der Waals surface area contributed by atoms with Crippen molar-refractivity contribution in [1.29, 1.82) is 0 Å². The van der Waals surface area contributed by atoms with Crippen LogP contribution >= 0.6 is 31.9 Å². The molecule has 0 aliphatic heterocycles. The van der Waals surface area contributed by atoms with Crippen molar-refractivity contribution in [2.45, 2.75) is 6.61 Å².